The minimum absolute atomic E-state index is 0.105. The Hall–Kier alpha value is -1.94. The molecule has 0 aliphatic carbocycles. The van der Waals surface area contributed by atoms with Crippen molar-refractivity contribution in [2.75, 3.05) is 39.6 Å². The Morgan fingerprint density at radius 3 is 0.864 bits per heavy atom. The fourth-order valence-corrected chi connectivity index (χ4v) is 12.0. The normalized spacial score (nSPS) is 14.5. The minimum atomic E-state index is -4.95. The zero-order valence-electron chi connectivity index (χ0n) is 57.0. The second-order valence-corrected chi connectivity index (χ2v) is 28.5. The molecule has 0 saturated heterocycles. The summed E-state index contributed by atoms with van der Waals surface area (Å²) in [6.07, 6.45) is 45.8. The average Bonchev–Trinajstić information content (AvgIpc) is 3.59. The maximum atomic E-state index is 13.0. The molecular formula is C69H134O17P2. The molecule has 0 aromatic rings. The molecule has 0 aliphatic heterocycles. The molecular weight excluding hydrogens is 1160 g/mol. The van der Waals surface area contributed by atoms with Crippen LogP contribution < -0.4 is 0 Å². The molecule has 0 aromatic heterocycles. The second-order valence-electron chi connectivity index (χ2n) is 25.6. The number of carbonyl (C=O) groups is 4. The van der Waals surface area contributed by atoms with Gasteiger partial charge in [0.2, 0.25) is 0 Å². The van der Waals surface area contributed by atoms with Crippen molar-refractivity contribution in [3.05, 3.63) is 0 Å². The summed E-state index contributed by atoms with van der Waals surface area (Å²) in [6, 6.07) is 0. The lowest BCUT2D eigenvalue weighted by molar-refractivity contribution is -0.161. The van der Waals surface area contributed by atoms with Crippen molar-refractivity contribution in [1.82, 2.24) is 0 Å². The zero-order valence-corrected chi connectivity index (χ0v) is 58.8. The van der Waals surface area contributed by atoms with E-state index in [1.54, 1.807) is 0 Å². The van der Waals surface area contributed by atoms with Crippen LogP contribution in [0.4, 0.5) is 0 Å². The van der Waals surface area contributed by atoms with Crippen LogP contribution in [0.3, 0.4) is 0 Å². The van der Waals surface area contributed by atoms with Crippen molar-refractivity contribution in [2.24, 2.45) is 11.8 Å². The molecule has 0 heterocycles. The number of phosphoric ester groups is 2. The van der Waals surface area contributed by atoms with Gasteiger partial charge in [-0.2, -0.15) is 0 Å². The first-order valence-electron chi connectivity index (χ1n) is 36.0. The lowest BCUT2D eigenvalue weighted by atomic mass is 9.99. The number of rotatable bonds is 68. The molecule has 6 atom stereocenters. The van der Waals surface area contributed by atoms with Gasteiger partial charge in [-0.1, -0.05) is 298 Å². The summed E-state index contributed by atoms with van der Waals surface area (Å²) >= 11 is 0. The van der Waals surface area contributed by atoms with Gasteiger partial charge in [-0.3, -0.25) is 37.3 Å². The molecule has 522 valence electrons. The molecule has 0 radical (unpaired) electrons. The van der Waals surface area contributed by atoms with E-state index in [-0.39, 0.29) is 25.7 Å². The van der Waals surface area contributed by atoms with E-state index in [4.69, 9.17) is 37.0 Å². The summed E-state index contributed by atoms with van der Waals surface area (Å²) in [5.41, 5.74) is 0. The predicted octanol–water partition coefficient (Wildman–Crippen LogP) is 19.6. The minimum Gasteiger partial charge on any atom is -0.462 e. The SMILES string of the molecule is CCCCCCCCCCCC(=O)O[C@H](COC(=O)CCCCCCCCCC)COP(=O)(O)OC[C@H](O)COP(=O)(O)OC[C@@H](COC(=O)CCCCCCCCCCCCC(C)CC)OC(=O)CCCCCCCCCCCCCCCCC(C)C. The first kappa shape index (κ1) is 86.1. The van der Waals surface area contributed by atoms with Crippen LogP contribution in [0.1, 0.15) is 350 Å². The summed E-state index contributed by atoms with van der Waals surface area (Å²) in [7, 11) is -9.89. The average molecular weight is 1300 g/mol. The van der Waals surface area contributed by atoms with E-state index >= 15 is 0 Å². The number of carbonyl (C=O) groups excluding carboxylic acids is 4. The van der Waals surface area contributed by atoms with E-state index in [0.717, 1.165) is 108 Å². The van der Waals surface area contributed by atoms with Crippen molar-refractivity contribution >= 4 is 39.5 Å². The molecule has 3 unspecified atom stereocenters. The van der Waals surface area contributed by atoms with Crippen LogP contribution in [0.25, 0.3) is 0 Å². The van der Waals surface area contributed by atoms with Gasteiger partial charge < -0.3 is 33.8 Å². The summed E-state index contributed by atoms with van der Waals surface area (Å²) in [6.45, 7) is 9.55. The summed E-state index contributed by atoms with van der Waals surface area (Å²) in [4.78, 5) is 72.4. The van der Waals surface area contributed by atoms with Crippen LogP contribution in [0.2, 0.25) is 0 Å². The lowest BCUT2D eigenvalue weighted by Crippen LogP contribution is -2.30. The molecule has 19 heteroatoms. The monoisotopic (exact) mass is 1300 g/mol. The molecule has 17 nitrogen and oxygen atoms in total. The maximum Gasteiger partial charge on any atom is 0.472 e. The summed E-state index contributed by atoms with van der Waals surface area (Å²) in [5, 5.41) is 10.6. The summed E-state index contributed by atoms with van der Waals surface area (Å²) in [5.74, 6) is -0.524. The lowest BCUT2D eigenvalue weighted by Gasteiger charge is -2.21. The highest BCUT2D eigenvalue weighted by Crippen LogP contribution is 2.45. The van der Waals surface area contributed by atoms with Gasteiger partial charge in [-0.05, 0) is 37.5 Å². The van der Waals surface area contributed by atoms with Gasteiger partial charge in [-0.15, -0.1) is 0 Å². The van der Waals surface area contributed by atoms with Gasteiger partial charge in [0.05, 0.1) is 26.4 Å². The van der Waals surface area contributed by atoms with Crippen LogP contribution in [0.5, 0.6) is 0 Å². The number of aliphatic hydroxyl groups is 1. The van der Waals surface area contributed by atoms with Gasteiger partial charge in [0.15, 0.2) is 12.2 Å². The van der Waals surface area contributed by atoms with Crippen LogP contribution in [0, 0.1) is 11.8 Å². The first-order valence-corrected chi connectivity index (χ1v) is 39.0. The van der Waals surface area contributed by atoms with Gasteiger partial charge in [-0.25, -0.2) is 9.13 Å². The topological polar surface area (TPSA) is 237 Å². The number of phosphoric acid groups is 2. The fourth-order valence-electron chi connectivity index (χ4n) is 10.4. The Morgan fingerprint density at radius 2 is 0.580 bits per heavy atom. The van der Waals surface area contributed by atoms with Crippen molar-refractivity contribution in [3.8, 4) is 0 Å². The molecule has 0 amide bonds. The van der Waals surface area contributed by atoms with E-state index in [1.165, 1.54) is 161 Å². The number of hydrogen-bond donors (Lipinski definition) is 3. The Balaban J connectivity index is 5.21. The van der Waals surface area contributed by atoms with E-state index in [2.05, 4.69) is 41.5 Å². The first-order chi connectivity index (χ1) is 42.4. The Labute approximate surface area is 537 Å². The van der Waals surface area contributed by atoms with Gasteiger partial charge in [0, 0.05) is 25.7 Å². The van der Waals surface area contributed by atoms with E-state index in [0.29, 0.717) is 25.7 Å². The third-order valence-electron chi connectivity index (χ3n) is 16.3. The number of hydrogen-bond acceptors (Lipinski definition) is 15. The quantitative estimate of drug-likeness (QED) is 0.0222. The van der Waals surface area contributed by atoms with Gasteiger partial charge in [0.1, 0.15) is 19.3 Å². The molecule has 88 heavy (non-hydrogen) atoms. The molecule has 0 bridgehead atoms. The molecule has 0 spiro atoms. The third kappa shape index (κ3) is 61.6. The van der Waals surface area contributed by atoms with Gasteiger partial charge in [0.25, 0.3) is 0 Å². The molecule has 0 fully saturated rings. The number of unbranched alkanes of at least 4 members (excludes halogenated alkanes) is 37. The standard InChI is InChI=1S/C69H134O17P2/c1-7-10-12-14-16-26-35-41-47-53-68(73)85-64(57-79-66(71)51-45-39-33-17-15-13-11-8-2)59-83-87(75,76)81-55-63(70)56-82-88(77,78)84-60-65(58-80-67(72)52-46-40-34-29-25-24-28-32-38-44-50-62(6)9-3)86-69(74)54-48-42-36-30-23-21-19-18-20-22-27-31-37-43-49-61(4)5/h61-65,70H,7-60H2,1-6H3,(H,75,76)(H,77,78)/t62?,63-,64+,65+/m0/s1. The molecule has 0 saturated carbocycles. The fraction of sp³-hybridized carbons (Fsp3) is 0.942. The van der Waals surface area contributed by atoms with E-state index in [1.807, 2.05) is 0 Å². The predicted molar refractivity (Wildman–Crippen MR) is 354 cm³/mol. The molecule has 3 N–H and O–H groups in total. The van der Waals surface area contributed by atoms with Crippen molar-refractivity contribution in [3.63, 3.8) is 0 Å². The number of aliphatic hydroxyl groups excluding tert-OH is 1. The van der Waals surface area contributed by atoms with Crippen LogP contribution in [-0.4, -0.2) is 96.7 Å². The van der Waals surface area contributed by atoms with E-state index < -0.39 is 97.5 Å². The van der Waals surface area contributed by atoms with Crippen molar-refractivity contribution in [2.45, 2.75) is 368 Å². The second kappa shape index (κ2) is 61.3. The Kier molecular flexibility index (Phi) is 59.9. The summed E-state index contributed by atoms with van der Waals surface area (Å²) < 4.78 is 68.1. The molecule has 0 aliphatic rings. The third-order valence-corrected chi connectivity index (χ3v) is 18.2. The van der Waals surface area contributed by atoms with Crippen LogP contribution in [-0.2, 0) is 65.4 Å². The smallest absolute Gasteiger partial charge is 0.462 e. The Bertz CT molecular complexity index is 1720. The maximum absolute atomic E-state index is 13.0. The highest BCUT2D eigenvalue weighted by Gasteiger charge is 2.30. The van der Waals surface area contributed by atoms with Crippen LogP contribution >= 0.6 is 15.6 Å². The zero-order chi connectivity index (χ0) is 65.0. The molecule has 0 rings (SSSR count). The van der Waals surface area contributed by atoms with Crippen molar-refractivity contribution < 1.29 is 80.2 Å². The van der Waals surface area contributed by atoms with Gasteiger partial charge >= 0.3 is 39.5 Å². The largest absolute Gasteiger partial charge is 0.472 e. The Morgan fingerprint density at radius 1 is 0.330 bits per heavy atom. The van der Waals surface area contributed by atoms with Crippen molar-refractivity contribution in [1.29, 1.82) is 0 Å². The van der Waals surface area contributed by atoms with E-state index in [9.17, 15) is 43.2 Å². The number of esters is 4. The highest BCUT2D eigenvalue weighted by molar-refractivity contribution is 7.47. The van der Waals surface area contributed by atoms with Crippen LogP contribution in [0.15, 0.2) is 0 Å². The number of ether oxygens (including phenoxy) is 4. The molecule has 0 aromatic carbocycles. The highest BCUT2D eigenvalue weighted by atomic mass is 31.2.